The molecule has 0 spiro atoms. The number of amidine groups is 1. The fourth-order valence-corrected chi connectivity index (χ4v) is 1.95. The van der Waals surface area contributed by atoms with E-state index >= 15 is 0 Å². The molecule has 0 fully saturated rings. The molecule has 4 N–H and O–H groups in total. The molecule has 7 heteroatoms. The minimum Gasteiger partial charge on any atom is -0.496 e. The standard InChI is InChI=1S/C14H18N4O3/c1-9-5-11(18-21-9)8-16-7-10-3-4-12(14(15)17-19)13(6-10)20-2/h3-6,16,19H,7-8H2,1-2H3,(H2,15,17). The van der Waals surface area contributed by atoms with E-state index < -0.39 is 0 Å². The molecule has 0 aliphatic heterocycles. The first-order valence-electron chi connectivity index (χ1n) is 6.41. The van der Waals surface area contributed by atoms with Gasteiger partial charge in [-0.1, -0.05) is 16.4 Å². The van der Waals surface area contributed by atoms with Crippen molar-refractivity contribution in [1.82, 2.24) is 10.5 Å². The highest BCUT2D eigenvalue weighted by atomic mass is 16.5. The van der Waals surface area contributed by atoms with Crippen LogP contribution in [0.15, 0.2) is 33.9 Å². The molecule has 0 atom stereocenters. The summed E-state index contributed by atoms with van der Waals surface area (Å²) < 4.78 is 10.2. The average Bonchev–Trinajstić information content (AvgIpc) is 2.91. The highest BCUT2D eigenvalue weighted by Crippen LogP contribution is 2.20. The number of oxime groups is 1. The number of aromatic nitrogens is 1. The van der Waals surface area contributed by atoms with Crippen molar-refractivity contribution in [2.75, 3.05) is 7.11 Å². The van der Waals surface area contributed by atoms with Gasteiger partial charge in [-0.2, -0.15) is 0 Å². The number of nitrogens with two attached hydrogens (primary N) is 1. The number of hydrogen-bond acceptors (Lipinski definition) is 6. The number of nitrogens with zero attached hydrogens (tertiary/aromatic N) is 2. The SMILES string of the molecule is COc1cc(CNCc2cc(C)on2)ccc1/C(N)=N/O. The van der Waals surface area contributed by atoms with Gasteiger partial charge in [-0.15, -0.1) is 0 Å². The van der Waals surface area contributed by atoms with E-state index in [1.807, 2.05) is 25.1 Å². The van der Waals surface area contributed by atoms with Crippen LogP contribution in [-0.2, 0) is 13.1 Å². The lowest BCUT2D eigenvalue weighted by molar-refractivity contribution is 0.318. The molecule has 0 aliphatic carbocycles. The van der Waals surface area contributed by atoms with Gasteiger partial charge in [0.25, 0.3) is 0 Å². The number of aryl methyl sites for hydroxylation is 1. The normalized spacial score (nSPS) is 11.6. The van der Waals surface area contributed by atoms with Crippen molar-refractivity contribution in [2.45, 2.75) is 20.0 Å². The lowest BCUT2D eigenvalue weighted by atomic mass is 10.1. The van der Waals surface area contributed by atoms with Gasteiger partial charge < -0.3 is 25.5 Å². The van der Waals surface area contributed by atoms with Crippen molar-refractivity contribution in [3.05, 3.63) is 46.8 Å². The molecule has 0 saturated heterocycles. The van der Waals surface area contributed by atoms with Gasteiger partial charge in [0, 0.05) is 19.2 Å². The van der Waals surface area contributed by atoms with Gasteiger partial charge in [-0.25, -0.2) is 0 Å². The van der Waals surface area contributed by atoms with Crippen LogP contribution in [0.3, 0.4) is 0 Å². The van der Waals surface area contributed by atoms with E-state index in [4.69, 9.17) is 20.2 Å². The average molecular weight is 290 g/mol. The molecule has 1 heterocycles. The van der Waals surface area contributed by atoms with E-state index in [-0.39, 0.29) is 5.84 Å². The summed E-state index contributed by atoms with van der Waals surface area (Å²) in [7, 11) is 1.54. The van der Waals surface area contributed by atoms with Crippen LogP contribution in [-0.4, -0.2) is 23.3 Å². The second-order valence-electron chi connectivity index (χ2n) is 4.55. The largest absolute Gasteiger partial charge is 0.496 e. The van der Waals surface area contributed by atoms with Gasteiger partial charge in [0.2, 0.25) is 0 Å². The van der Waals surface area contributed by atoms with Crippen LogP contribution in [0.2, 0.25) is 0 Å². The second-order valence-corrected chi connectivity index (χ2v) is 4.55. The van der Waals surface area contributed by atoms with Crippen LogP contribution in [0, 0.1) is 6.92 Å². The van der Waals surface area contributed by atoms with Crippen molar-refractivity contribution < 1.29 is 14.5 Å². The Morgan fingerprint density at radius 2 is 2.24 bits per heavy atom. The number of methoxy groups -OCH3 is 1. The third-order valence-electron chi connectivity index (χ3n) is 2.96. The highest BCUT2D eigenvalue weighted by Gasteiger charge is 2.09. The Morgan fingerprint density at radius 1 is 1.43 bits per heavy atom. The number of hydrogen-bond donors (Lipinski definition) is 3. The Labute approximate surface area is 122 Å². The zero-order valence-electron chi connectivity index (χ0n) is 12.0. The molecule has 0 amide bonds. The van der Waals surface area contributed by atoms with E-state index in [0.717, 1.165) is 17.0 Å². The van der Waals surface area contributed by atoms with E-state index in [1.54, 1.807) is 13.2 Å². The summed E-state index contributed by atoms with van der Waals surface area (Å²) in [5.74, 6) is 1.36. The zero-order chi connectivity index (χ0) is 15.2. The summed E-state index contributed by atoms with van der Waals surface area (Å²) in [6, 6.07) is 7.37. The Hall–Kier alpha value is -2.54. The van der Waals surface area contributed by atoms with Gasteiger partial charge >= 0.3 is 0 Å². The maximum absolute atomic E-state index is 8.73. The minimum atomic E-state index is 0.0180. The summed E-state index contributed by atoms with van der Waals surface area (Å²) >= 11 is 0. The summed E-state index contributed by atoms with van der Waals surface area (Å²) in [4.78, 5) is 0. The molecule has 7 nitrogen and oxygen atoms in total. The lowest BCUT2D eigenvalue weighted by Gasteiger charge is -2.10. The second kappa shape index (κ2) is 6.76. The molecule has 0 unspecified atom stereocenters. The van der Waals surface area contributed by atoms with E-state index in [1.165, 1.54) is 0 Å². The molecule has 21 heavy (non-hydrogen) atoms. The Morgan fingerprint density at radius 3 is 2.86 bits per heavy atom. The van der Waals surface area contributed by atoms with Gasteiger partial charge in [0.15, 0.2) is 5.84 Å². The smallest absolute Gasteiger partial charge is 0.173 e. The van der Waals surface area contributed by atoms with Crippen LogP contribution in [0.25, 0.3) is 0 Å². The van der Waals surface area contributed by atoms with Crippen LogP contribution in [0.4, 0.5) is 0 Å². The van der Waals surface area contributed by atoms with Gasteiger partial charge in [0.05, 0.1) is 18.4 Å². The van der Waals surface area contributed by atoms with Gasteiger partial charge in [-0.05, 0) is 24.6 Å². The third-order valence-corrected chi connectivity index (χ3v) is 2.96. The molecular formula is C14H18N4O3. The molecule has 112 valence electrons. The summed E-state index contributed by atoms with van der Waals surface area (Å²) in [5, 5.41) is 18.9. The van der Waals surface area contributed by atoms with Crippen LogP contribution in [0.5, 0.6) is 5.75 Å². The maximum Gasteiger partial charge on any atom is 0.173 e. The van der Waals surface area contributed by atoms with Crippen LogP contribution >= 0.6 is 0 Å². The minimum absolute atomic E-state index is 0.0180. The fourth-order valence-electron chi connectivity index (χ4n) is 1.95. The zero-order valence-corrected chi connectivity index (χ0v) is 12.0. The quantitative estimate of drug-likeness (QED) is 0.321. The molecular weight excluding hydrogens is 272 g/mol. The topological polar surface area (TPSA) is 106 Å². The van der Waals surface area contributed by atoms with Crippen molar-refractivity contribution in [1.29, 1.82) is 0 Å². The maximum atomic E-state index is 8.73. The molecule has 0 bridgehead atoms. The third kappa shape index (κ3) is 3.73. The van der Waals surface area contributed by atoms with Crippen molar-refractivity contribution in [3.63, 3.8) is 0 Å². The van der Waals surface area contributed by atoms with Gasteiger partial charge in [0.1, 0.15) is 11.5 Å². The number of ether oxygens (including phenoxy) is 1. The Bertz CT molecular complexity index is 637. The molecule has 0 saturated carbocycles. The van der Waals surface area contributed by atoms with Crippen LogP contribution < -0.4 is 15.8 Å². The molecule has 1 aromatic heterocycles. The van der Waals surface area contributed by atoms with E-state index in [2.05, 4.69) is 15.6 Å². The van der Waals surface area contributed by atoms with Crippen LogP contribution in [0.1, 0.15) is 22.6 Å². The van der Waals surface area contributed by atoms with Crippen molar-refractivity contribution in [3.8, 4) is 5.75 Å². The van der Waals surface area contributed by atoms with E-state index in [9.17, 15) is 0 Å². The predicted octanol–water partition coefficient (Wildman–Crippen LogP) is 1.38. The monoisotopic (exact) mass is 290 g/mol. The highest BCUT2D eigenvalue weighted by molar-refractivity contribution is 5.99. The number of benzene rings is 1. The van der Waals surface area contributed by atoms with Crippen molar-refractivity contribution >= 4 is 5.84 Å². The summed E-state index contributed by atoms with van der Waals surface area (Å²) in [5.41, 5.74) is 8.01. The first-order valence-corrected chi connectivity index (χ1v) is 6.41. The molecule has 0 aliphatic rings. The Kier molecular flexibility index (Phi) is 4.78. The fraction of sp³-hybridized carbons (Fsp3) is 0.286. The number of rotatable bonds is 6. The predicted molar refractivity (Wildman–Crippen MR) is 77.3 cm³/mol. The molecule has 0 radical (unpaired) electrons. The lowest BCUT2D eigenvalue weighted by Crippen LogP contribution is -2.16. The Balaban J connectivity index is 2.00. The first kappa shape index (κ1) is 14.9. The first-order chi connectivity index (χ1) is 10.1. The summed E-state index contributed by atoms with van der Waals surface area (Å²) in [6.07, 6.45) is 0. The van der Waals surface area contributed by atoms with Gasteiger partial charge in [-0.3, -0.25) is 0 Å². The molecule has 1 aromatic carbocycles. The summed E-state index contributed by atoms with van der Waals surface area (Å²) in [6.45, 7) is 3.10. The molecule has 2 aromatic rings. The molecule has 2 rings (SSSR count). The van der Waals surface area contributed by atoms with E-state index in [0.29, 0.717) is 24.4 Å². The number of nitrogens with one attached hydrogen (secondary N) is 1. The van der Waals surface area contributed by atoms with Crippen molar-refractivity contribution in [2.24, 2.45) is 10.9 Å².